The number of sulfonamides is 1. The number of amides is 1. The Morgan fingerprint density at radius 3 is 2.28 bits per heavy atom. The number of rotatable bonds is 7. The highest BCUT2D eigenvalue weighted by Gasteiger charge is 2.17. The largest absolute Gasteiger partial charge is 0.355 e. The molecule has 0 aliphatic rings. The summed E-state index contributed by atoms with van der Waals surface area (Å²) in [5.74, 6) is -0.151. The molecule has 0 aliphatic carbocycles. The summed E-state index contributed by atoms with van der Waals surface area (Å²) in [6, 6.07) is -0.173. The summed E-state index contributed by atoms with van der Waals surface area (Å²) in [5.41, 5.74) is 5.96. The van der Waals surface area contributed by atoms with Crippen molar-refractivity contribution in [3.8, 4) is 0 Å². The molecule has 108 valence electrons. The van der Waals surface area contributed by atoms with Crippen LogP contribution < -0.4 is 15.8 Å². The summed E-state index contributed by atoms with van der Waals surface area (Å²) in [6.07, 6.45) is 2.10. The van der Waals surface area contributed by atoms with E-state index in [-0.39, 0.29) is 36.9 Å². The molecule has 1 unspecified atom stereocenters. The molecule has 0 bridgehead atoms. The topological polar surface area (TPSA) is 101 Å². The minimum absolute atomic E-state index is 0.0948. The lowest BCUT2D eigenvalue weighted by molar-refractivity contribution is -0.121. The number of nitrogens with one attached hydrogen (secondary N) is 2. The molecule has 1 atom stereocenters. The summed E-state index contributed by atoms with van der Waals surface area (Å²) in [6.45, 7) is 6.68. The average Bonchev–Trinajstić information content (AvgIpc) is 2.07. The lowest BCUT2D eigenvalue weighted by Crippen LogP contribution is -2.38. The molecule has 0 rings (SSSR count). The van der Waals surface area contributed by atoms with Crippen molar-refractivity contribution in [2.75, 3.05) is 19.3 Å². The van der Waals surface area contributed by atoms with Gasteiger partial charge in [-0.1, -0.05) is 20.8 Å². The molecule has 0 spiro atoms. The molecule has 0 saturated carbocycles. The van der Waals surface area contributed by atoms with Gasteiger partial charge in [0, 0.05) is 25.6 Å². The van der Waals surface area contributed by atoms with Gasteiger partial charge in [-0.3, -0.25) is 4.79 Å². The predicted octanol–water partition coefficient (Wildman–Crippen LogP) is -0.195. The zero-order valence-electron chi connectivity index (χ0n) is 11.6. The Kier molecular flexibility index (Phi) is 6.80. The van der Waals surface area contributed by atoms with Gasteiger partial charge in [0.25, 0.3) is 0 Å². The SMILES string of the molecule is CC(C)(C)CC(N)CC(=O)NCCNS(C)(=O)=O. The standard InChI is InChI=1S/C11H25N3O3S/c1-11(2,3)8-9(12)7-10(15)13-5-6-14-18(4,16)17/h9,14H,5-8,12H2,1-4H3,(H,13,15). The molecule has 6 nitrogen and oxygen atoms in total. The molecule has 7 heteroatoms. The molecule has 0 aromatic heterocycles. The van der Waals surface area contributed by atoms with E-state index >= 15 is 0 Å². The first-order valence-electron chi connectivity index (χ1n) is 5.96. The lowest BCUT2D eigenvalue weighted by Gasteiger charge is -2.22. The third-order valence-corrected chi connectivity index (χ3v) is 2.86. The molecule has 0 heterocycles. The number of hydrogen-bond donors (Lipinski definition) is 3. The quantitative estimate of drug-likeness (QED) is 0.562. The molecule has 0 saturated heterocycles. The normalized spacial score (nSPS) is 14.3. The molecule has 4 N–H and O–H groups in total. The fraction of sp³-hybridized carbons (Fsp3) is 0.909. The fourth-order valence-corrected chi connectivity index (χ4v) is 2.08. The number of hydrogen-bond acceptors (Lipinski definition) is 4. The van der Waals surface area contributed by atoms with Gasteiger partial charge in [0.15, 0.2) is 0 Å². The van der Waals surface area contributed by atoms with Crippen molar-refractivity contribution in [2.24, 2.45) is 11.1 Å². The zero-order chi connectivity index (χ0) is 14.4. The van der Waals surface area contributed by atoms with E-state index in [0.29, 0.717) is 0 Å². The molecule has 0 aliphatic heterocycles. The smallest absolute Gasteiger partial charge is 0.221 e. The van der Waals surface area contributed by atoms with Gasteiger partial charge in [0.2, 0.25) is 15.9 Å². The third kappa shape index (κ3) is 11.8. The van der Waals surface area contributed by atoms with Crippen LogP contribution in [0.2, 0.25) is 0 Å². The van der Waals surface area contributed by atoms with Gasteiger partial charge >= 0.3 is 0 Å². The third-order valence-electron chi connectivity index (χ3n) is 2.13. The van der Waals surface area contributed by atoms with Crippen LogP contribution in [0.3, 0.4) is 0 Å². The molecular formula is C11H25N3O3S. The van der Waals surface area contributed by atoms with E-state index in [1.807, 2.05) is 0 Å². The Balaban J connectivity index is 3.78. The van der Waals surface area contributed by atoms with Gasteiger partial charge in [0.05, 0.1) is 6.26 Å². The first-order chi connectivity index (χ1) is 7.99. The van der Waals surface area contributed by atoms with Gasteiger partial charge in [-0.05, 0) is 11.8 Å². The van der Waals surface area contributed by atoms with E-state index in [4.69, 9.17) is 5.73 Å². The Morgan fingerprint density at radius 1 is 1.28 bits per heavy atom. The van der Waals surface area contributed by atoms with E-state index in [9.17, 15) is 13.2 Å². The maximum atomic E-state index is 11.5. The van der Waals surface area contributed by atoms with Crippen LogP contribution in [0, 0.1) is 5.41 Å². The number of carbonyl (C=O) groups is 1. The Bertz CT molecular complexity index is 360. The fourth-order valence-electron chi connectivity index (χ4n) is 1.61. The van der Waals surface area contributed by atoms with E-state index in [1.165, 1.54) is 0 Å². The summed E-state index contributed by atoms with van der Waals surface area (Å²) in [7, 11) is -3.20. The molecular weight excluding hydrogens is 254 g/mol. The van der Waals surface area contributed by atoms with Crippen molar-refractivity contribution in [3.05, 3.63) is 0 Å². The van der Waals surface area contributed by atoms with Gasteiger partial charge in [0.1, 0.15) is 0 Å². The molecule has 0 aromatic carbocycles. The molecule has 0 radical (unpaired) electrons. The second-order valence-corrected chi connectivity index (χ2v) is 7.58. The second kappa shape index (κ2) is 7.06. The van der Waals surface area contributed by atoms with Crippen molar-refractivity contribution in [1.29, 1.82) is 0 Å². The first-order valence-corrected chi connectivity index (χ1v) is 7.86. The van der Waals surface area contributed by atoms with Crippen molar-refractivity contribution < 1.29 is 13.2 Å². The molecule has 18 heavy (non-hydrogen) atoms. The number of carbonyl (C=O) groups excluding carboxylic acids is 1. The van der Waals surface area contributed by atoms with Crippen LogP contribution in [0.15, 0.2) is 0 Å². The van der Waals surface area contributed by atoms with Gasteiger partial charge in [-0.15, -0.1) is 0 Å². The van der Waals surface area contributed by atoms with Crippen molar-refractivity contribution >= 4 is 15.9 Å². The Hall–Kier alpha value is -0.660. The second-order valence-electron chi connectivity index (χ2n) is 5.75. The van der Waals surface area contributed by atoms with E-state index in [1.54, 1.807) is 0 Å². The average molecular weight is 279 g/mol. The summed E-state index contributed by atoms with van der Waals surface area (Å²) in [4.78, 5) is 11.5. The van der Waals surface area contributed by atoms with Crippen molar-refractivity contribution in [2.45, 2.75) is 39.7 Å². The molecule has 0 aromatic rings. The molecule has 1 amide bonds. The van der Waals surface area contributed by atoms with Crippen molar-refractivity contribution in [1.82, 2.24) is 10.0 Å². The minimum Gasteiger partial charge on any atom is -0.355 e. The van der Waals surface area contributed by atoms with Crippen LogP contribution in [-0.4, -0.2) is 39.7 Å². The van der Waals surface area contributed by atoms with Crippen LogP contribution in [-0.2, 0) is 14.8 Å². The highest BCUT2D eigenvalue weighted by atomic mass is 32.2. The van der Waals surface area contributed by atoms with Crippen LogP contribution in [0.25, 0.3) is 0 Å². The van der Waals surface area contributed by atoms with E-state index in [2.05, 4.69) is 30.8 Å². The van der Waals surface area contributed by atoms with Crippen molar-refractivity contribution in [3.63, 3.8) is 0 Å². The number of nitrogens with two attached hydrogens (primary N) is 1. The monoisotopic (exact) mass is 279 g/mol. The first kappa shape index (κ1) is 17.3. The maximum Gasteiger partial charge on any atom is 0.221 e. The van der Waals surface area contributed by atoms with Gasteiger partial charge in [-0.2, -0.15) is 0 Å². The van der Waals surface area contributed by atoms with E-state index < -0.39 is 10.0 Å². The summed E-state index contributed by atoms with van der Waals surface area (Å²) >= 11 is 0. The Morgan fingerprint density at radius 2 is 1.83 bits per heavy atom. The maximum absolute atomic E-state index is 11.5. The van der Waals surface area contributed by atoms with Crippen LogP contribution >= 0.6 is 0 Å². The Labute approximate surface area is 110 Å². The van der Waals surface area contributed by atoms with E-state index in [0.717, 1.165) is 12.7 Å². The predicted molar refractivity (Wildman–Crippen MR) is 72.5 cm³/mol. The minimum atomic E-state index is -3.20. The lowest BCUT2D eigenvalue weighted by atomic mass is 9.87. The van der Waals surface area contributed by atoms with Crippen LogP contribution in [0.4, 0.5) is 0 Å². The molecule has 0 fully saturated rings. The highest BCUT2D eigenvalue weighted by molar-refractivity contribution is 7.88. The zero-order valence-corrected chi connectivity index (χ0v) is 12.4. The van der Waals surface area contributed by atoms with Crippen LogP contribution in [0.5, 0.6) is 0 Å². The summed E-state index contributed by atoms with van der Waals surface area (Å²) < 4.78 is 23.8. The highest BCUT2D eigenvalue weighted by Crippen LogP contribution is 2.20. The van der Waals surface area contributed by atoms with Gasteiger partial charge in [-0.25, -0.2) is 13.1 Å². The van der Waals surface area contributed by atoms with Gasteiger partial charge < -0.3 is 11.1 Å². The van der Waals surface area contributed by atoms with Crippen LogP contribution in [0.1, 0.15) is 33.6 Å². The summed E-state index contributed by atoms with van der Waals surface area (Å²) in [5, 5.41) is 2.63.